The molecule has 0 bridgehead atoms. The molecule has 1 unspecified atom stereocenters. The van der Waals surface area contributed by atoms with Gasteiger partial charge in [-0.25, -0.2) is 4.79 Å². The molecule has 0 heterocycles. The van der Waals surface area contributed by atoms with Crippen molar-refractivity contribution in [2.45, 2.75) is 43.5 Å². The normalized spacial score (nSPS) is 20.5. The average molecular weight is 298 g/mol. The van der Waals surface area contributed by atoms with E-state index >= 15 is 0 Å². The van der Waals surface area contributed by atoms with Crippen molar-refractivity contribution in [2.75, 3.05) is 6.61 Å². The smallest absolute Gasteiger partial charge is 0.333 e. The molecule has 0 saturated heterocycles. The van der Waals surface area contributed by atoms with Crippen LogP contribution in [0.2, 0.25) is 0 Å². The molecule has 0 aliphatic rings. The van der Waals surface area contributed by atoms with Crippen LogP contribution >= 0.6 is 0 Å². The molecule has 0 saturated carbocycles. The van der Waals surface area contributed by atoms with Gasteiger partial charge in [-0.1, -0.05) is 0 Å². The summed E-state index contributed by atoms with van der Waals surface area (Å²) in [5.74, 6) is -5.87. The first-order valence-corrected chi connectivity index (χ1v) is 5.52. The second kappa shape index (κ2) is 7.47. The summed E-state index contributed by atoms with van der Waals surface area (Å²) in [5, 5.41) is 63.6. The molecule has 10 nitrogen and oxygen atoms in total. The van der Waals surface area contributed by atoms with Crippen LogP contribution in [0.3, 0.4) is 0 Å². The van der Waals surface area contributed by atoms with E-state index in [4.69, 9.17) is 20.4 Å². The molecule has 7 N–H and O–H groups in total. The van der Waals surface area contributed by atoms with Crippen LogP contribution < -0.4 is 0 Å². The molecular weight excluding hydrogens is 280 g/mol. The molecule has 118 valence electrons. The highest BCUT2D eigenvalue weighted by molar-refractivity contribution is 5.79. The summed E-state index contributed by atoms with van der Waals surface area (Å²) in [6.07, 6.45) is -8.98. The SMILES string of the molecule is C[C@@](O)(OC(CC(=O)O)C(=O)O)[C@@H](O)[C@H](O)[C@H](O)CO. The molecule has 0 rings (SSSR count). The molecule has 0 fully saturated rings. The third kappa shape index (κ3) is 5.36. The summed E-state index contributed by atoms with van der Waals surface area (Å²) in [4.78, 5) is 21.2. The van der Waals surface area contributed by atoms with Crippen LogP contribution in [0.5, 0.6) is 0 Å². The van der Waals surface area contributed by atoms with Crippen LogP contribution in [0.4, 0.5) is 0 Å². The molecule has 20 heavy (non-hydrogen) atoms. The van der Waals surface area contributed by atoms with Gasteiger partial charge in [0, 0.05) is 0 Å². The van der Waals surface area contributed by atoms with Crippen molar-refractivity contribution in [1.82, 2.24) is 0 Å². The minimum atomic E-state index is -2.66. The highest BCUT2D eigenvalue weighted by atomic mass is 16.7. The van der Waals surface area contributed by atoms with E-state index in [1.165, 1.54) is 0 Å². The van der Waals surface area contributed by atoms with E-state index in [1.807, 2.05) is 0 Å². The van der Waals surface area contributed by atoms with Gasteiger partial charge in [0.05, 0.1) is 13.0 Å². The molecule has 0 aromatic carbocycles. The first-order chi connectivity index (χ1) is 9.02. The number of aliphatic hydroxyl groups excluding tert-OH is 4. The van der Waals surface area contributed by atoms with Gasteiger partial charge >= 0.3 is 11.9 Å². The van der Waals surface area contributed by atoms with Gasteiger partial charge in [-0.15, -0.1) is 0 Å². The third-order valence-corrected chi connectivity index (χ3v) is 2.47. The minimum absolute atomic E-state index is 0.781. The summed E-state index contributed by atoms with van der Waals surface area (Å²) in [7, 11) is 0. The largest absolute Gasteiger partial charge is 0.481 e. The lowest BCUT2D eigenvalue weighted by molar-refractivity contribution is -0.288. The number of hydrogen-bond acceptors (Lipinski definition) is 8. The lowest BCUT2D eigenvalue weighted by atomic mass is 10.0. The number of ether oxygens (including phenoxy) is 1. The minimum Gasteiger partial charge on any atom is -0.481 e. The van der Waals surface area contributed by atoms with Gasteiger partial charge in [0.1, 0.15) is 18.3 Å². The zero-order chi connectivity index (χ0) is 16.1. The summed E-state index contributed by atoms with van der Waals surface area (Å²) in [6, 6.07) is 0. The van der Waals surface area contributed by atoms with Gasteiger partial charge in [0.2, 0.25) is 0 Å². The number of carbonyl (C=O) groups is 2. The Kier molecular flexibility index (Phi) is 6.99. The Balaban J connectivity index is 4.92. The highest BCUT2D eigenvalue weighted by Gasteiger charge is 2.43. The van der Waals surface area contributed by atoms with Crippen molar-refractivity contribution in [3.63, 3.8) is 0 Å². The Hall–Kier alpha value is -1.30. The van der Waals surface area contributed by atoms with Crippen molar-refractivity contribution < 1.29 is 50.1 Å². The first kappa shape index (κ1) is 18.7. The molecule has 0 aromatic heterocycles. The number of carboxylic acids is 2. The Morgan fingerprint density at radius 2 is 1.70 bits per heavy atom. The van der Waals surface area contributed by atoms with Crippen LogP contribution in [0, 0.1) is 0 Å². The standard InChI is InChI=1S/C10H18O10/c1-10(19,8(16)7(15)4(12)3-11)20-5(9(17)18)2-6(13)14/h4-5,7-8,11-12,15-16,19H,2-3H2,1H3,(H,13,14)(H,17,18)/t4-,5?,7-,8+,10-/m1/s1. The molecule has 0 amide bonds. The maximum atomic E-state index is 10.8. The predicted molar refractivity (Wildman–Crippen MR) is 60.5 cm³/mol. The molecule has 0 aliphatic heterocycles. The maximum Gasteiger partial charge on any atom is 0.333 e. The predicted octanol–water partition coefficient (Wildman–Crippen LogP) is -3.29. The van der Waals surface area contributed by atoms with E-state index in [1.54, 1.807) is 0 Å². The van der Waals surface area contributed by atoms with Crippen LogP contribution in [0.15, 0.2) is 0 Å². The second-order valence-corrected chi connectivity index (χ2v) is 4.28. The number of carboxylic acid groups (broad SMARTS) is 2. The summed E-state index contributed by atoms with van der Waals surface area (Å²) in [6.45, 7) is -0.144. The van der Waals surface area contributed by atoms with Crippen LogP contribution in [0.1, 0.15) is 13.3 Å². The van der Waals surface area contributed by atoms with E-state index in [0.29, 0.717) is 0 Å². The molecule has 5 atom stereocenters. The Labute approximate surface area is 113 Å². The third-order valence-electron chi connectivity index (χ3n) is 2.47. The first-order valence-electron chi connectivity index (χ1n) is 5.52. The zero-order valence-corrected chi connectivity index (χ0v) is 10.6. The summed E-state index contributed by atoms with van der Waals surface area (Å²) >= 11 is 0. The van der Waals surface area contributed by atoms with Crippen LogP contribution in [0.25, 0.3) is 0 Å². The topological polar surface area (TPSA) is 185 Å². The Morgan fingerprint density at radius 1 is 1.20 bits per heavy atom. The van der Waals surface area contributed by atoms with Gasteiger partial charge < -0.3 is 40.5 Å². The van der Waals surface area contributed by atoms with Crippen LogP contribution in [-0.2, 0) is 14.3 Å². The van der Waals surface area contributed by atoms with Crippen molar-refractivity contribution >= 4 is 11.9 Å². The van der Waals surface area contributed by atoms with Crippen molar-refractivity contribution in [3.05, 3.63) is 0 Å². The van der Waals surface area contributed by atoms with Gasteiger partial charge in [-0.3, -0.25) is 4.79 Å². The molecule has 0 radical (unpaired) electrons. The number of hydrogen-bond donors (Lipinski definition) is 7. The Bertz CT molecular complexity index is 341. The average Bonchev–Trinajstić information content (AvgIpc) is 2.34. The van der Waals surface area contributed by atoms with Gasteiger partial charge in [0.25, 0.3) is 0 Å². The van der Waals surface area contributed by atoms with E-state index in [2.05, 4.69) is 4.74 Å². The fourth-order valence-corrected chi connectivity index (χ4v) is 1.33. The molecule has 0 spiro atoms. The fraction of sp³-hybridized carbons (Fsp3) is 0.800. The van der Waals surface area contributed by atoms with Gasteiger partial charge in [0.15, 0.2) is 11.9 Å². The van der Waals surface area contributed by atoms with Crippen molar-refractivity contribution in [3.8, 4) is 0 Å². The van der Waals surface area contributed by atoms with E-state index < -0.39 is 55.2 Å². The lowest BCUT2D eigenvalue weighted by Crippen LogP contribution is -2.55. The lowest BCUT2D eigenvalue weighted by Gasteiger charge is -2.35. The van der Waals surface area contributed by atoms with Crippen molar-refractivity contribution in [2.24, 2.45) is 0 Å². The molecule has 0 aliphatic carbocycles. The van der Waals surface area contributed by atoms with E-state index in [9.17, 15) is 24.9 Å². The summed E-state index contributed by atoms with van der Waals surface area (Å²) < 4.78 is 4.56. The second-order valence-electron chi connectivity index (χ2n) is 4.28. The fourth-order valence-electron chi connectivity index (χ4n) is 1.33. The maximum absolute atomic E-state index is 10.8. The monoisotopic (exact) mass is 298 g/mol. The number of aliphatic carboxylic acids is 2. The zero-order valence-electron chi connectivity index (χ0n) is 10.6. The summed E-state index contributed by atoms with van der Waals surface area (Å²) in [5.41, 5.74) is 0. The quantitative estimate of drug-likeness (QED) is 0.213. The Morgan fingerprint density at radius 3 is 2.05 bits per heavy atom. The molecular formula is C10H18O10. The number of aliphatic hydroxyl groups is 5. The highest BCUT2D eigenvalue weighted by Crippen LogP contribution is 2.20. The molecule has 0 aromatic rings. The van der Waals surface area contributed by atoms with E-state index in [-0.39, 0.29) is 0 Å². The van der Waals surface area contributed by atoms with Crippen molar-refractivity contribution in [1.29, 1.82) is 0 Å². The van der Waals surface area contributed by atoms with E-state index in [0.717, 1.165) is 6.92 Å². The molecule has 10 heteroatoms. The number of rotatable bonds is 9. The van der Waals surface area contributed by atoms with Crippen LogP contribution in [-0.4, -0.2) is 84.5 Å². The van der Waals surface area contributed by atoms with Gasteiger partial charge in [-0.05, 0) is 6.92 Å². The van der Waals surface area contributed by atoms with Gasteiger partial charge in [-0.2, -0.15) is 0 Å².